The molecule has 0 saturated heterocycles. The molecule has 0 aliphatic rings. The minimum absolute atomic E-state index is 0.101. The monoisotopic (exact) mass is 491 g/mol. The molecular formula is C27H42NO5P. The molecule has 0 radical (unpaired) electrons. The van der Waals surface area contributed by atoms with Gasteiger partial charge in [-0.3, -0.25) is 4.57 Å². The summed E-state index contributed by atoms with van der Waals surface area (Å²) >= 11 is 0. The molecule has 7 heteroatoms. The molecule has 0 fully saturated rings. The summed E-state index contributed by atoms with van der Waals surface area (Å²) in [5.41, 5.74) is 3.25. The van der Waals surface area contributed by atoms with Crippen LogP contribution in [0.3, 0.4) is 0 Å². The Bertz CT molecular complexity index is 945. The van der Waals surface area contributed by atoms with E-state index in [9.17, 15) is 9.67 Å². The Morgan fingerprint density at radius 2 is 1.38 bits per heavy atom. The van der Waals surface area contributed by atoms with Crippen LogP contribution in [0.4, 0.5) is 5.69 Å². The number of benzene rings is 2. The Labute approximate surface area is 205 Å². The first-order chi connectivity index (χ1) is 15.7. The summed E-state index contributed by atoms with van der Waals surface area (Å²) in [6.07, 6.45) is -0.109. The zero-order chi connectivity index (χ0) is 25.7. The van der Waals surface area contributed by atoms with Crippen LogP contribution in [-0.4, -0.2) is 24.6 Å². The molecule has 0 aliphatic heterocycles. The van der Waals surface area contributed by atoms with E-state index in [4.69, 9.17) is 13.8 Å². The second-order valence-electron chi connectivity index (χ2n) is 10.5. The van der Waals surface area contributed by atoms with E-state index >= 15 is 0 Å². The molecule has 0 amide bonds. The van der Waals surface area contributed by atoms with Gasteiger partial charge in [0.2, 0.25) is 0 Å². The van der Waals surface area contributed by atoms with E-state index in [0.717, 1.165) is 28.1 Å². The van der Waals surface area contributed by atoms with Crippen LogP contribution < -0.4 is 10.1 Å². The number of hydrogen-bond acceptors (Lipinski definition) is 6. The van der Waals surface area contributed by atoms with Crippen molar-refractivity contribution in [1.29, 1.82) is 0 Å². The van der Waals surface area contributed by atoms with Crippen molar-refractivity contribution in [2.45, 2.75) is 79.2 Å². The summed E-state index contributed by atoms with van der Waals surface area (Å²) in [7, 11) is -3.16. The van der Waals surface area contributed by atoms with Crippen molar-refractivity contribution in [2.24, 2.45) is 0 Å². The molecule has 0 heterocycles. The van der Waals surface area contributed by atoms with Crippen molar-refractivity contribution in [3.05, 3.63) is 53.1 Å². The smallest absolute Gasteiger partial charge is 0.349 e. The summed E-state index contributed by atoms with van der Waals surface area (Å²) in [5.74, 6) is 1.08. The zero-order valence-corrected chi connectivity index (χ0v) is 23.1. The Kier molecular flexibility index (Phi) is 9.26. The molecule has 0 aliphatic carbocycles. The number of phenolic OH excluding ortho intramolecular Hbond substituents is 1. The summed E-state index contributed by atoms with van der Waals surface area (Å²) in [6.45, 7) is 18.9. The summed E-state index contributed by atoms with van der Waals surface area (Å²) in [5, 5.41) is 14.1. The summed E-state index contributed by atoms with van der Waals surface area (Å²) < 4.78 is 29.5. The molecule has 0 aromatic heterocycles. The van der Waals surface area contributed by atoms with Gasteiger partial charge in [0.1, 0.15) is 23.9 Å². The van der Waals surface area contributed by atoms with Crippen LogP contribution in [0, 0.1) is 0 Å². The van der Waals surface area contributed by atoms with Crippen molar-refractivity contribution in [3.8, 4) is 11.5 Å². The van der Waals surface area contributed by atoms with Crippen LogP contribution in [0.2, 0.25) is 0 Å². The Morgan fingerprint density at radius 1 is 0.912 bits per heavy atom. The third kappa shape index (κ3) is 7.49. The molecule has 2 aromatic carbocycles. The van der Waals surface area contributed by atoms with Gasteiger partial charge in [-0.25, -0.2) is 0 Å². The topological polar surface area (TPSA) is 77.0 Å². The number of anilines is 1. The van der Waals surface area contributed by atoms with E-state index in [2.05, 4.69) is 46.9 Å². The standard InChI is InChI=1S/C27H42NO5P/c1-10-31-34(30,32-11-2)18-28-21-12-14-22(15-13-21)33-19(3)20-16-23(26(4,5)6)25(29)24(17-20)27(7,8)9/h12-17,19,28-29H,10-11,18H2,1-9H3. The molecule has 1 atom stereocenters. The average Bonchev–Trinajstić information content (AvgIpc) is 2.72. The highest BCUT2D eigenvalue weighted by molar-refractivity contribution is 7.53. The molecule has 190 valence electrons. The molecular weight excluding hydrogens is 449 g/mol. The fourth-order valence-corrected chi connectivity index (χ4v) is 5.09. The van der Waals surface area contributed by atoms with Crippen LogP contribution in [0.5, 0.6) is 11.5 Å². The van der Waals surface area contributed by atoms with Gasteiger partial charge in [0, 0.05) is 5.69 Å². The maximum absolute atomic E-state index is 12.6. The van der Waals surface area contributed by atoms with Gasteiger partial charge >= 0.3 is 7.60 Å². The summed E-state index contributed by atoms with van der Waals surface area (Å²) in [6, 6.07) is 11.6. The van der Waals surface area contributed by atoms with Crippen molar-refractivity contribution in [2.75, 3.05) is 24.8 Å². The van der Waals surface area contributed by atoms with Crippen LogP contribution in [0.1, 0.15) is 85.1 Å². The van der Waals surface area contributed by atoms with E-state index in [-0.39, 0.29) is 23.2 Å². The molecule has 0 saturated carbocycles. The SMILES string of the molecule is CCOP(=O)(CNc1ccc(OC(C)c2cc(C(C)(C)C)c(O)c(C(C)(C)C)c2)cc1)OCC. The number of phenols is 1. The van der Waals surface area contributed by atoms with E-state index in [0.29, 0.717) is 19.0 Å². The predicted molar refractivity (Wildman–Crippen MR) is 140 cm³/mol. The van der Waals surface area contributed by atoms with Crippen molar-refractivity contribution >= 4 is 13.3 Å². The van der Waals surface area contributed by atoms with Gasteiger partial charge < -0.3 is 24.2 Å². The minimum Gasteiger partial charge on any atom is -0.507 e. The van der Waals surface area contributed by atoms with Crippen LogP contribution in [0.15, 0.2) is 36.4 Å². The number of nitrogens with one attached hydrogen (secondary N) is 1. The third-order valence-electron chi connectivity index (χ3n) is 5.51. The highest BCUT2D eigenvalue weighted by Crippen LogP contribution is 2.47. The van der Waals surface area contributed by atoms with Crippen LogP contribution in [0.25, 0.3) is 0 Å². The molecule has 6 nitrogen and oxygen atoms in total. The number of ether oxygens (including phenoxy) is 1. The zero-order valence-electron chi connectivity index (χ0n) is 22.2. The van der Waals surface area contributed by atoms with Gasteiger partial charge in [0.15, 0.2) is 0 Å². The van der Waals surface area contributed by atoms with Crippen molar-refractivity contribution < 1.29 is 23.5 Å². The Balaban J connectivity index is 2.20. The van der Waals surface area contributed by atoms with E-state index in [1.54, 1.807) is 13.8 Å². The lowest BCUT2D eigenvalue weighted by Gasteiger charge is -2.29. The maximum atomic E-state index is 12.6. The van der Waals surface area contributed by atoms with Gasteiger partial charge in [-0.1, -0.05) is 41.5 Å². The first-order valence-electron chi connectivity index (χ1n) is 12.0. The molecule has 34 heavy (non-hydrogen) atoms. The lowest BCUT2D eigenvalue weighted by Crippen LogP contribution is -2.19. The fourth-order valence-electron chi connectivity index (χ4n) is 3.67. The largest absolute Gasteiger partial charge is 0.507 e. The second-order valence-corrected chi connectivity index (χ2v) is 12.6. The van der Waals surface area contributed by atoms with Crippen LogP contribution in [-0.2, 0) is 24.4 Å². The van der Waals surface area contributed by atoms with E-state index in [1.807, 2.05) is 43.3 Å². The minimum atomic E-state index is -3.16. The average molecular weight is 492 g/mol. The highest BCUT2D eigenvalue weighted by atomic mass is 31.2. The lowest BCUT2D eigenvalue weighted by molar-refractivity contribution is 0.221. The van der Waals surface area contributed by atoms with Gasteiger partial charge in [0.25, 0.3) is 0 Å². The predicted octanol–water partition coefficient (Wildman–Crippen LogP) is 7.76. The molecule has 0 bridgehead atoms. The van der Waals surface area contributed by atoms with E-state index in [1.165, 1.54) is 0 Å². The second kappa shape index (κ2) is 11.2. The maximum Gasteiger partial charge on any atom is 0.349 e. The normalized spacial score (nSPS) is 13.6. The number of aromatic hydroxyl groups is 1. The van der Waals surface area contributed by atoms with Gasteiger partial charge in [-0.15, -0.1) is 0 Å². The molecule has 2 aromatic rings. The Morgan fingerprint density at radius 3 is 1.79 bits per heavy atom. The number of hydrogen-bond donors (Lipinski definition) is 2. The highest BCUT2D eigenvalue weighted by Gasteiger charge is 2.28. The van der Waals surface area contributed by atoms with Gasteiger partial charge in [-0.2, -0.15) is 0 Å². The molecule has 0 spiro atoms. The molecule has 2 N–H and O–H groups in total. The number of rotatable bonds is 10. The first-order valence-corrected chi connectivity index (χ1v) is 13.7. The van der Waals surface area contributed by atoms with Crippen molar-refractivity contribution in [3.63, 3.8) is 0 Å². The fraction of sp³-hybridized carbons (Fsp3) is 0.556. The first kappa shape index (κ1) is 28.2. The third-order valence-corrected chi connectivity index (χ3v) is 7.36. The Hall–Kier alpha value is -2.01. The van der Waals surface area contributed by atoms with Gasteiger partial charge in [-0.05, 0) is 84.7 Å². The van der Waals surface area contributed by atoms with Crippen LogP contribution >= 0.6 is 7.60 Å². The van der Waals surface area contributed by atoms with Crippen molar-refractivity contribution in [1.82, 2.24) is 0 Å². The van der Waals surface area contributed by atoms with E-state index < -0.39 is 7.60 Å². The quantitative estimate of drug-likeness (QED) is 0.331. The lowest BCUT2D eigenvalue weighted by atomic mass is 9.78. The molecule has 1 unspecified atom stereocenters. The molecule has 2 rings (SSSR count). The summed E-state index contributed by atoms with van der Waals surface area (Å²) in [4.78, 5) is 0. The van der Waals surface area contributed by atoms with Gasteiger partial charge in [0.05, 0.1) is 13.2 Å².